The van der Waals surface area contributed by atoms with Gasteiger partial charge in [-0.15, -0.1) is 0 Å². The fraction of sp³-hybridized carbons (Fsp3) is 0.933. The summed E-state index contributed by atoms with van der Waals surface area (Å²) in [4.78, 5) is 16.3. The monoisotopic (exact) mass is 271 g/mol. The van der Waals surface area contributed by atoms with Gasteiger partial charge in [0.25, 0.3) is 0 Å². The highest BCUT2D eigenvalue weighted by Crippen LogP contribution is 2.11. The van der Waals surface area contributed by atoms with Crippen LogP contribution in [0.1, 0.15) is 48.0 Å². The van der Waals surface area contributed by atoms with Gasteiger partial charge in [0.1, 0.15) is 0 Å². The third-order valence-electron chi connectivity index (χ3n) is 3.61. The van der Waals surface area contributed by atoms with Crippen LogP contribution in [0.3, 0.4) is 0 Å². The zero-order chi connectivity index (χ0) is 14.8. The predicted molar refractivity (Wildman–Crippen MR) is 82.5 cm³/mol. The molecule has 0 fully saturated rings. The Morgan fingerprint density at radius 1 is 1.00 bits per heavy atom. The standard InChI is InChI=1S/C15H33N3O/c1-7-17(8-2)14(11-13(5)6)12-16-15(19)18(9-3)10-4/h13-14H,7-12H2,1-6H3,(H,16,19). The number of hydrogen-bond donors (Lipinski definition) is 1. The van der Waals surface area contributed by atoms with Crippen LogP contribution in [-0.2, 0) is 0 Å². The summed E-state index contributed by atoms with van der Waals surface area (Å²) in [5.41, 5.74) is 0. The van der Waals surface area contributed by atoms with Gasteiger partial charge in [0.2, 0.25) is 0 Å². The Hall–Kier alpha value is -0.770. The molecule has 0 aromatic heterocycles. The number of rotatable bonds is 9. The lowest BCUT2D eigenvalue weighted by Crippen LogP contribution is -2.48. The van der Waals surface area contributed by atoms with Crippen LogP contribution < -0.4 is 5.32 Å². The van der Waals surface area contributed by atoms with E-state index < -0.39 is 0 Å². The second-order valence-corrected chi connectivity index (χ2v) is 5.36. The number of carbonyl (C=O) groups is 1. The molecule has 1 N–H and O–H groups in total. The van der Waals surface area contributed by atoms with E-state index in [4.69, 9.17) is 0 Å². The van der Waals surface area contributed by atoms with E-state index in [1.165, 1.54) is 0 Å². The maximum Gasteiger partial charge on any atom is 0.317 e. The summed E-state index contributed by atoms with van der Waals surface area (Å²) in [6.07, 6.45) is 1.13. The molecular weight excluding hydrogens is 238 g/mol. The number of likely N-dealkylation sites (N-methyl/N-ethyl adjacent to an activating group) is 1. The number of urea groups is 1. The minimum Gasteiger partial charge on any atom is -0.336 e. The molecule has 0 radical (unpaired) electrons. The van der Waals surface area contributed by atoms with Crippen LogP contribution in [0.4, 0.5) is 4.79 Å². The van der Waals surface area contributed by atoms with Crippen molar-refractivity contribution in [3.8, 4) is 0 Å². The SMILES string of the molecule is CCN(CC)C(=O)NCC(CC(C)C)N(CC)CC. The number of amides is 2. The average molecular weight is 271 g/mol. The van der Waals surface area contributed by atoms with E-state index in [1.54, 1.807) is 0 Å². The summed E-state index contributed by atoms with van der Waals surface area (Å²) in [5, 5.41) is 3.08. The average Bonchev–Trinajstić information content (AvgIpc) is 2.38. The Bertz CT molecular complexity index is 236. The summed E-state index contributed by atoms with van der Waals surface area (Å²) in [6, 6.07) is 0.500. The van der Waals surface area contributed by atoms with E-state index in [9.17, 15) is 4.79 Å². The van der Waals surface area contributed by atoms with E-state index in [2.05, 4.69) is 37.9 Å². The maximum absolute atomic E-state index is 12.0. The molecule has 1 atom stereocenters. The molecule has 0 aliphatic carbocycles. The highest BCUT2D eigenvalue weighted by molar-refractivity contribution is 5.74. The largest absolute Gasteiger partial charge is 0.336 e. The van der Waals surface area contributed by atoms with Crippen molar-refractivity contribution in [2.24, 2.45) is 5.92 Å². The van der Waals surface area contributed by atoms with Crippen molar-refractivity contribution < 1.29 is 4.79 Å². The summed E-state index contributed by atoms with van der Waals surface area (Å²) < 4.78 is 0. The number of hydrogen-bond acceptors (Lipinski definition) is 2. The van der Waals surface area contributed by atoms with Gasteiger partial charge in [-0.1, -0.05) is 27.7 Å². The van der Waals surface area contributed by atoms with Gasteiger partial charge in [0.15, 0.2) is 0 Å². The fourth-order valence-corrected chi connectivity index (χ4v) is 2.47. The molecule has 2 amide bonds. The third-order valence-corrected chi connectivity index (χ3v) is 3.61. The Kier molecular flexibility index (Phi) is 9.66. The van der Waals surface area contributed by atoms with Crippen LogP contribution in [0.2, 0.25) is 0 Å². The molecule has 114 valence electrons. The lowest BCUT2D eigenvalue weighted by molar-refractivity contribution is 0.173. The topological polar surface area (TPSA) is 35.6 Å². The van der Waals surface area contributed by atoms with E-state index in [1.807, 2.05) is 18.7 Å². The van der Waals surface area contributed by atoms with Gasteiger partial charge >= 0.3 is 6.03 Å². The Labute approximate surface area is 119 Å². The minimum atomic E-state index is 0.0610. The van der Waals surface area contributed by atoms with Gasteiger partial charge in [0, 0.05) is 25.7 Å². The molecule has 0 rings (SSSR count). The Balaban J connectivity index is 4.43. The van der Waals surface area contributed by atoms with Crippen LogP contribution in [0.15, 0.2) is 0 Å². The first-order valence-electron chi connectivity index (χ1n) is 7.76. The maximum atomic E-state index is 12.0. The van der Waals surface area contributed by atoms with Gasteiger partial charge in [-0.3, -0.25) is 4.90 Å². The van der Waals surface area contributed by atoms with Gasteiger partial charge in [0.05, 0.1) is 0 Å². The second kappa shape index (κ2) is 10.1. The minimum absolute atomic E-state index is 0.0610. The first kappa shape index (κ1) is 18.2. The van der Waals surface area contributed by atoms with E-state index >= 15 is 0 Å². The molecule has 4 nitrogen and oxygen atoms in total. The second-order valence-electron chi connectivity index (χ2n) is 5.36. The van der Waals surface area contributed by atoms with Crippen LogP contribution in [-0.4, -0.2) is 54.6 Å². The van der Waals surface area contributed by atoms with Gasteiger partial charge in [-0.2, -0.15) is 0 Å². The first-order chi connectivity index (χ1) is 8.99. The van der Waals surface area contributed by atoms with Gasteiger partial charge in [-0.05, 0) is 39.3 Å². The van der Waals surface area contributed by atoms with Crippen molar-refractivity contribution in [3.05, 3.63) is 0 Å². The number of carbonyl (C=O) groups excluding carboxylic acids is 1. The predicted octanol–water partition coefficient (Wildman–Crippen LogP) is 2.79. The van der Waals surface area contributed by atoms with Crippen LogP contribution in [0.5, 0.6) is 0 Å². The lowest BCUT2D eigenvalue weighted by atomic mass is 10.0. The number of nitrogens with one attached hydrogen (secondary N) is 1. The highest BCUT2D eigenvalue weighted by atomic mass is 16.2. The molecule has 0 aliphatic heterocycles. The molecule has 4 heteroatoms. The van der Waals surface area contributed by atoms with E-state index in [0.717, 1.165) is 39.1 Å². The van der Waals surface area contributed by atoms with Crippen molar-refractivity contribution in [2.75, 3.05) is 32.7 Å². The summed E-state index contributed by atoms with van der Waals surface area (Å²) in [5.74, 6) is 0.649. The van der Waals surface area contributed by atoms with Crippen molar-refractivity contribution in [2.45, 2.75) is 54.0 Å². The third kappa shape index (κ3) is 6.81. The van der Waals surface area contributed by atoms with Crippen molar-refractivity contribution in [1.82, 2.24) is 15.1 Å². The van der Waals surface area contributed by atoms with Crippen LogP contribution >= 0.6 is 0 Å². The molecule has 19 heavy (non-hydrogen) atoms. The quantitative estimate of drug-likeness (QED) is 0.700. The Morgan fingerprint density at radius 2 is 1.53 bits per heavy atom. The zero-order valence-electron chi connectivity index (χ0n) is 13.7. The summed E-state index contributed by atoms with van der Waals surface area (Å²) in [7, 11) is 0. The fourth-order valence-electron chi connectivity index (χ4n) is 2.47. The molecule has 0 heterocycles. The zero-order valence-corrected chi connectivity index (χ0v) is 13.7. The molecular formula is C15H33N3O. The van der Waals surface area contributed by atoms with Crippen molar-refractivity contribution in [1.29, 1.82) is 0 Å². The molecule has 0 saturated heterocycles. The molecule has 0 aromatic rings. The highest BCUT2D eigenvalue weighted by Gasteiger charge is 2.19. The molecule has 0 aromatic carbocycles. The van der Waals surface area contributed by atoms with Gasteiger partial charge in [-0.25, -0.2) is 4.79 Å². The molecule has 1 unspecified atom stereocenters. The molecule has 0 spiro atoms. The number of nitrogens with zero attached hydrogens (tertiary/aromatic N) is 2. The normalized spacial score (nSPS) is 12.8. The first-order valence-corrected chi connectivity index (χ1v) is 7.76. The van der Waals surface area contributed by atoms with Crippen LogP contribution in [0.25, 0.3) is 0 Å². The lowest BCUT2D eigenvalue weighted by Gasteiger charge is -2.32. The Morgan fingerprint density at radius 3 is 1.89 bits per heavy atom. The van der Waals surface area contributed by atoms with E-state index in [-0.39, 0.29) is 6.03 Å². The van der Waals surface area contributed by atoms with Crippen molar-refractivity contribution in [3.63, 3.8) is 0 Å². The van der Waals surface area contributed by atoms with Crippen molar-refractivity contribution >= 4 is 6.03 Å². The summed E-state index contributed by atoms with van der Waals surface area (Å²) in [6.45, 7) is 17.2. The van der Waals surface area contributed by atoms with E-state index in [0.29, 0.717) is 12.0 Å². The molecule has 0 saturated carbocycles. The summed E-state index contributed by atoms with van der Waals surface area (Å²) >= 11 is 0. The smallest absolute Gasteiger partial charge is 0.317 e. The molecule has 0 aliphatic rings. The van der Waals surface area contributed by atoms with Crippen LogP contribution in [0, 0.1) is 5.92 Å². The van der Waals surface area contributed by atoms with Gasteiger partial charge < -0.3 is 10.2 Å². The molecule has 0 bridgehead atoms.